The van der Waals surface area contributed by atoms with Gasteiger partial charge in [0.05, 0.1) is 37.8 Å². The van der Waals surface area contributed by atoms with Gasteiger partial charge in [0, 0.05) is 19.2 Å². The highest BCUT2D eigenvalue weighted by Crippen LogP contribution is 2.30. The van der Waals surface area contributed by atoms with Gasteiger partial charge in [-0.1, -0.05) is 6.92 Å². The summed E-state index contributed by atoms with van der Waals surface area (Å²) >= 11 is 0. The van der Waals surface area contributed by atoms with Gasteiger partial charge >= 0.3 is 0 Å². The molecule has 1 aromatic heterocycles. The van der Waals surface area contributed by atoms with Crippen LogP contribution >= 0.6 is 0 Å². The van der Waals surface area contributed by atoms with Crippen LogP contribution in [0.5, 0.6) is 11.5 Å². The van der Waals surface area contributed by atoms with Crippen LogP contribution in [0, 0.1) is 0 Å². The molecule has 0 unspecified atom stereocenters. The second kappa shape index (κ2) is 8.51. The Hall–Kier alpha value is -2.12. The number of hydrogen-bond donors (Lipinski definition) is 1. The van der Waals surface area contributed by atoms with E-state index in [1.54, 1.807) is 26.4 Å². The summed E-state index contributed by atoms with van der Waals surface area (Å²) in [6, 6.07) is 3.41. The van der Waals surface area contributed by atoms with Crippen molar-refractivity contribution in [1.29, 1.82) is 0 Å². The van der Waals surface area contributed by atoms with E-state index in [1.165, 1.54) is 6.42 Å². The van der Waals surface area contributed by atoms with Crippen LogP contribution in [0.4, 0.5) is 0 Å². The molecule has 2 aromatic rings. The molecule has 1 saturated heterocycles. The van der Waals surface area contributed by atoms with Crippen LogP contribution in [0.25, 0.3) is 10.9 Å². The first kappa shape index (κ1) is 18.7. The van der Waals surface area contributed by atoms with E-state index in [0.717, 1.165) is 32.5 Å². The van der Waals surface area contributed by atoms with Gasteiger partial charge in [0.1, 0.15) is 5.82 Å². The number of rotatable bonds is 7. The third-order valence-corrected chi connectivity index (χ3v) is 4.82. The van der Waals surface area contributed by atoms with E-state index < -0.39 is 0 Å². The number of fused-ring (bicyclic) bond motifs is 1. The monoisotopic (exact) mass is 361 g/mol. The van der Waals surface area contributed by atoms with E-state index in [2.05, 4.69) is 21.8 Å². The molecule has 2 heterocycles. The Labute approximate surface area is 153 Å². The first-order valence-corrected chi connectivity index (χ1v) is 9.13. The number of methoxy groups -OCH3 is 2. The van der Waals surface area contributed by atoms with Gasteiger partial charge in [-0.05, 0) is 31.9 Å². The van der Waals surface area contributed by atoms with Gasteiger partial charge in [-0.25, -0.2) is 4.98 Å². The fourth-order valence-electron chi connectivity index (χ4n) is 3.35. The minimum absolute atomic E-state index is 0.170. The van der Waals surface area contributed by atoms with E-state index in [-0.39, 0.29) is 11.7 Å². The summed E-state index contributed by atoms with van der Waals surface area (Å²) in [5, 5.41) is 0.491. The third-order valence-electron chi connectivity index (χ3n) is 4.82. The summed E-state index contributed by atoms with van der Waals surface area (Å²) in [7, 11) is 3.12. The quantitative estimate of drug-likeness (QED) is 0.816. The van der Waals surface area contributed by atoms with Gasteiger partial charge in [-0.15, -0.1) is 0 Å². The maximum Gasteiger partial charge on any atom is 0.258 e. The van der Waals surface area contributed by atoms with Gasteiger partial charge in [0.15, 0.2) is 11.5 Å². The number of H-pyrrole nitrogens is 1. The van der Waals surface area contributed by atoms with Crippen LogP contribution < -0.4 is 15.0 Å². The lowest BCUT2D eigenvalue weighted by Crippen LogP contribution is -2.36. The predicted molar refractivity (Wildman–Crippen MR) is 100 cm³/mol. The average molecular weight is 361 g/mol. The molecule has 0 bridgehead atoms. The van der Waals surface area contributed by atoms with E-state index >= 15 is 0 Å². The fourth-order valence-corrected chi connectivity index (χ4v) is 3.35. The average Bonchev–Trinajstić information content (AvgIpc) is 2.67. The molecule has 1 aromatic carbocycles. The Morgan fingerprint density at radius 3 is 2.69 bits per heavy atom. The summed E-state index contributed by atoms with van der Waals surface area (Å²) in [5.74, 6) is 1.73. The van der Waals surface area contributed by atoms with Crippen molar-refractivity contribution in [2.24, 2.45) is 0 Å². The van der Waals surface area contributed by atoms with E-state index in [0.29, 0.717) is 34.8 Å². The molecule has 3 rings (SSSR count). The molecule has 7 nitrogen and oxygen atoms in total. The molecule has 0 radical (unpaired) electrons. The second-order valence-corrected chi connectivity index (χ2v) is 6.55. The van der Waals surface area contributed by atoms with Crippen LogP contribution in [-0.4, -0.2) is 54.9 Å². The molecule has 0 aliphatic carbocycles. The number of nitrogens with zero attached hydrogens (tertiary/aromatic N) is 2. The van der Waals surface area contributed by atoms with Crippen LogP contribution in [0.3, 0.4) is 0 Å². The number of nitrogens with one attached hydrogen (secondary N) is 1. The molecule has 0 amide bonds. The van der Waals surface area contributed by atoms with E-state index in [9.17, 15) is 4.79 Å². The standard InChI is InChI=1S/C19H27N3O4/c1-4-22(11-13-7-5-6-8-26-13)12-18-20-15-10-17(25-3)16(24-2)9-14(15)19(23)21-18/h9-10,13H,4-8,11-12H2,1-3H3,(H,20,21,23)/t13-/m1/s1. The highest BCUT2D eigenvalue weighted by Gasteiger charge is 2.18. The Morgan fingerprint density at radius 2 is 2.04 bits per heavy atom. The van der Waals surface area contributed by atoms with Crippen LogP contribution in [0.1, 0.15) is 32.0 Å². The normalized spacial score (nSPS) is 17.6. The van der Waals surface area contributed by atoms with Crippen LogP contribution in [0.15, 0.2) is 16.9 Å². The lowest BCUT2D eigenvalue weighted by Gasteiger charge is -2.28. The van der Waals surface area contributed by atoms with Gasteiger partial charge < -0.3 is 19.2 Å². The smallest absolute Gasteiger partial charge is 0.258 e. The van der Waals surface area contributed by atoms with Gasteiger partial charge in [0.25, 0.3) is 5.56 Å². The highest BCUT2D eigenvalue weighted by molar-refractivity contribution is 5.81. The van der Waals surface area contributed by atoms with E-state index in [4.69, 9.17) is 14.2 Å². The first-order valence-electron chi connectivity index (χ1n) is 9.13. The summed E-state index contributed by atoms with van der Waals surface area (Å²) in [6.07, 6.45) is 3.72. The summed E-state index contributed by atoms with van der Waals surface area (Å²) < 4.78 is 16.4. The number of ether oxygens (including phenoxy) is 3. The fraction of sp³-hybridized carbons (Fsp3) is 0.579. The number of aromatic amines is 1. The van der Waals surface area contributed by atoms with Crippen LogP contribution in [0.2, 0.25) is 0 Å². The zero-order chi connectivity index (χ0) is 18.5. The molecule has 1 N–H and O–H groups in total. The molecular weight excluding hydrogens is 334 g/mol. The van der Waals surface area contributed by atoms with E-state index in [1.807, 2.05) is 0 Å². The number of hydrogen-bond acceptors (Lipinski definition) is 6. The Morgan fingerprint density at radius 1 is 1.27 bits per heavy atom. The molecule has 1 fully saturated rings. The van der Waals surface area contributed by atoms with Gasteiger partial charge in [-0.2, -0.15) is 0 Å². The lowest BCUT2D eigenvalue weighted by molar-refractivity contribution is -0.00661. The molecule has 1 aliphatic heterocycles. The Kier molecular flexibility index (Phi) is 6.11. The Balaban J connectivity index is 1.83. The van der Waals surface area contributed by atoms with Crippen molar-refractivity contribution in [1.82, 2.24) is 14.9 Å². The Bertz CT molecular complexity index is 799. The molecule has 26 heavy (non-hydrogen) atoms. The maximum atomic E-state index is 12.5. The number of likely N-dealkylation sites (N-methyl/N-ethyl adjacent to an activating group) is 1. The first-order chi connectivity index (χ1) is 12.6. The zero-order valence-electron chi connectivity index (χ0n) is 15.7. The largest absolute Gasteiger partial charge is 0.493 e. The molecular formula is C19H27N3O4. The second-order valence-electron chi connectivity index (χ2n) is 6.55. The van der Waals surface area contributed by atoms with Crippen molar-refractivity contribution in [3.05, 3.63) is 28.3 Å². The summed E-state index contributed by atoms with van der Waals surface area (Å²) in [4.78, 5) is 22.3. The zero-order valence-corrected chi connectivity index (χ0v) is 15.7. The van der Waals surface area contributed by atoms with Crippen molar-refractivity contribution in [2.45, 2.75) is 38.8 Å². The summed E-state index contributed by atoms with van der Waals surface area (Å²) in [6.45, 7) is 5.25. The van der Waals surface area contributed by atoms with Crippen LogP contribution in [-0.2, 0) is 11.3 Å². The third kappa shape index (κ3) is 4.16. The predicted octanol–water partition coefficient (Wildman–Crippen LogP) is 2.33. The molecule has 1 atom stereocenters. The lowest BCUT2D eigenvalue weighted by atomic mass is 10.1. The van der Waals surface area contributed by atoms with Crippen molar-refractivity contribution < 1.29 is 14.2 Å². The molecule has 0 saturated carbocycles. The summed E-state index contributed by atoms with van der Waals surface area (Å²) in [5.41, 5.74) is 0.433. The molecule has 142 valence electrons. The van der Waals surface area contributed by atoms with Crippen molar-refractivity contribution in [3.63, 3.8) is 0 Å². The van der Waals surface area contributed by atoms with Crippen molar-refractivity contribution >= 4 is 10.9 Å². The minimum atomic E-state index is -0.170. The molecule has 0 spiro atoms. The molecule has 7 heteroatoms. The number of aromatic nitrogens is 2. The number of benzene rings is 1. The van der Waals surface area contributed by atoms with Crippen molar-refractivity contribution in [2.75, 3.05) is 33.9 Å². The highest BCUT2D eigenvalue weighted by atomic mass is 16.5. The SMILES string of the molecule is CCN(Cc1nc2cc(OC)c(OC)cc2c(=O)[nH]1)C[C@H]1CCCCO1. The molecule has 1 aliphatic rings. The topological polar surface area (TPSA) is 76.7 Å². The van der Waals surface area contributed by atoms with Gasteiger partial charge in [0.2, 0.25) is 0 Å². The minimum Gasteiger partial charge on any atom is -0.493 e. The van der Waals surface area contributed by atoms with Gasteiger partial charge in [-0.3, -0.25) is 9.69 Å². The van der Waals surface area contributed by atoms with Crippen molar-refractivity contribution in [3.8, 4) is 11.5 Å². The maximum absolute atomic E-state index is 12.5.